The lowest BCUT2D eigenvalue weighted by Crippen LogP contribution is -2.21. The van der Waals surface area contributed by atoms with Crippen LogP contribution in [-0.4, -0.2) is 29.1 Å². The number of rotatable bonds is 7. The van der Waals surface area contributed by atoms with Gasteiger partial charge in [-0.1, -0.05) is 6.07 Å². The van der Waals surface area contributed by atoms with Crippen molar-refractivity contribution < 1.29 is 24.2 Å². The Morgan fingerprint density at radius 2 is 2.04 bits per heavy atom. The highest BCUT2D eigenvalue weighted by molar-refractivity contribution is 5.93. The van der Waals surface area contributed by atoms with E-state index < -0.39 is 11.9 Å². The third-order valence-electron chi connectivity index (χ3n) is 4.70. The van der Waals surface area contributed by atoms with Crippen LogP contribution in [0, 0.1) is 11.8 Å². The van der Waals surface area contributed by atoms with E-state index in [0.29, 0.717) is 43.1 Å². The van der Waals surface area contributed by atoms with Crippen LogP contribution in [0.5, 0.6) is 11.5 Å². The predicted octanol–water partition coefficient (Wildman–Crippen LogP) is 3.11. The smallest absolute Gasteiger partial charge is 0.306 e. The molecule has 0 aliphatic heterocycles. The minimum atomic E-state index is -0.833. The highest BCUT2D eigenvalue weighted by atomic mass is 16.5. The molecule has 2 atom stereocenters. The Hall–Kier alpha value is -3.09. The number of anilines is 1. The molecule has 7 nitrogen and oxygen atoms in total. The number of amides is 1. The summed E-state index contributed by atoms with van der Waals surface area (Å²) in [5, 5.41) is 11.9. The lowest BCUT2D eigenvalue weighted by atomic mass is 10.0. The molecule has 1 aromatic heterocycles. The summed E-state index contributed by atoms with van der Waals surface area (Å²) in [6.45, 7) is 0.324. The van der Waals surface area contributed by atoms with Crippen LogP contribution >= 0.6 is 0 Å². The first kappa shape index (κ1) is 18.7. The summed E-state index contributed by atoms with van der Waals surface area (Å²) in [5.74, 6) is -0.649. The molecule has 1 aromatic carbocycles. The molecule has 2 aromatic rings. The first-order chi connectivity index (χ1) is 13.1. The lowest BCUT2D eigenvalue weighted by Gasteiger charge is -2.14. The second kappa shape index (κ2) is 8.53. The van der Waals surface area contributed by atoms with Crippen molar-refractivity contribution in [1.29, 1.82) is 0 Å². The molecule has 0 spiro atoms. The minimum absolute atomic E-state index is 0.165. The van der Waals surface area contributed by atoms with Crippen LogP contribution in [0.3, 0.4) is 0 Å². The Morgan fingerprint density at radius 3 is 2.70 bits per heavy atom. The van der Waals surface area contributed by atoms with Crippen LogP contribution in [0.4, 0.5) is 5.69 Å². The van der Waals surface area contributed by atoms with Gasteiger partial charge in [-0.2, -0.15) is 0 Å². The molecule has 7 heteroatoms. The molecule has 0 bridgehead atoms. The molecule has 0 saturated heterocycles. The highest BCUT2D eigenvalue weighted by Crippen LogP contribution is 2.34. The molecule has 1 fully saturated rings. The van der Waals surface area contributed by atoms with E-state index in [1.807, 2.05) is 12.1 Å². The Balaban J connectivity index is 1.65. The van der Waals surface area contributed by atoms with Crippen molar-refractivity contribution >= 4 is 17.6 Å². The summed E-state index contributed by atoms with van der Waals surface area (Å²) in [4.78, 5) is 27.6. The maximum Gasteiger partial charge on any atom is 0.306 e. The van der Waals surface area contributed by atoms with Crippen molar-refractivity contribution in [2.75, 3.05) is 12.4 Å². The largest absolute Gasteiger partial charge is 0.493 e. The van der Waals surface area contributed by atoms with Crippen molar-refractivity contribution in [1.82, 2.24) is 4.98 Å². The topological polar surface area (TPSA) is 97.8 Å². The number of aromatic nitrogens is 1. The van der Waals surface area contributed by atoms with E-state index in [4.69, 9.17) is 14.6 Å². The molecular formula is C20H22N2O5. The molecule has 3 rings (SSSR count). The zero-order chi connectivity index (χ0) is 19.2. The molecule has 142 valence electrons. The standard InChI is InChI=1S/C20H22N2O5/c1-26-17-7-6-16(10-18(17)27-12-13-3-2-8-21-11-13)22-19(23)14-4-5-15(9-14)20(24)25/h2-3,6-8,10-11,14-15H,4-5,9,12H2,1H3,(H,22,23)(H,24,25)/t14-,15+/m1/s1. The first-order valence-corrected chi connectivity index (χ1v) is 8.80. The van der Waals surface area contributed by atoms with E-state index in [-0.39, 0.29) is 11.8 Å². The number of hydrogen-bond donors (Lipinski definition) is 2. The van der Waals surface area contributed by atoms with Gasteiger partial charge in [0.2, 0.25) is 5.91 Å². The number of aliphatic carboxylic acids is 1. The second-order valence-electron chi connectivity index (χ2n) is 6.55. The highest BCUT2D eigenvalue weighted by Gasteiger charge is 2.33. The average molecular weight is 370 g/mol. The van der Waals surface area contributed by atoms with E-state index in [9.17, 15) is 9.59 Å². The monoisotopic (exact) mass is 370 g/mol. The number of carboxylic acids is 1. The molecule has 1 saturated carbocycles. The quantitative estimate of drug-likeness (QED) is 0.777. The van der Waals surface area contributed by atoms with Gasteiger partial charge in [0.1, 0.15) is 6.61 Å². The van der Waals surface area contributed by atoms with E-state index in [0.717, 1.165) is 5.56 Å². The molecule has 27 heavy (non-hydrogen) atoms. The van der Waals surface area contributed by atoms with Gasteiger partial charge < -0.3 is 19.9 Å². The summed E-state index contributed by atoms with van der Waals surface area (Å²) in [7, 11) is 1.55. The van der Waals surface area contributed by atoms with Gasteiger partial charge in [0, 0.05) is 35.6 Å². The fraction of sp³-hybridized carbons (Fsp3) is 0.350. The van der Waals surface area contributed by atoms with Crippen LogP contribution in [0.2, 0.25) is 0 Å². The van der Waals surface area contributed by atoms with Gasteiger partial charge in [-0.25, -0.2) is 0 Å². The van der Waals surface area contributed by atoms with Crippen LogP contribution in [-0.2, 0) is 16.2 Å². The maximum absolute atomic E-state index is 12.4. The van der Waals surface area contributed by atoms with Crippen molar-refractivity contribution in [2.45, 2.75) is 25.9 Å². The normalized spacial score (nSPS) is 18.7. The number of methoxy groups -OCH3 is 1. The number of benzene rings is 1. The van der Waals surface area contributed by atoms with Crippen LogP contribution < -0.4 is 14.8 Å². The molecular weight excluding hydrogens is 348 g/mol. The maximum atomic E-state index is 12.4. The summed E-state index contributed by atoms with van der Waals surface area (Å²) >= 11 is 0. The number of hydrogen-bond acceptors (Lipinski definition) is 5. The van der Waals surface area contributed by atoms with Gasteiger partial charge in [-0.15, -0.1) is 0 Å². The van der Waals surface area contributed by atoms with Gasteiger partial charge >= 0.3 is 5.97 Å². The van der Waals surface area contributed by atoms with Crippen molar-refractivity contribution in [3.05, 3.63) is 48.3 Å². The fourth-order valence-electron chi connectivity index (χ4n) is 3.20. The van der Waals surface area contributed by atoms with Crippen molar-refractivity contribution in [3.63, 3.8) is 0 Å². The van der Waals surface area contributed by atoms with Gasteiger partial charge in [-0.05, 0) is 37.5 Å². The molecule has 1 aliphatic carbocycles. The summed E-state index contributed by atoms with van der Waals surface area (Å²) in [6.07, 6.45) is 4.91. The van der Waals surface area contributed by atoms with E-state index in [1.165, 1.54) is 0 Å². The number of pyridine rings is 1. The van der Waals surface area contributed by atoms with Crippen molar-refractivity contribution in [2.24, 2.45) is 11.8 Å². The number of ether oxygens (including phenoxy) is 2. The lowest BCUT2D eigenvalue weighted by molar-refractivity contribution is -0.141. The Kier molecular flexibility index (Phi) is 5.90. The minimum Gasteiger partial charge on any atom is -0.493 e. The average Bonchev–Trinajstić information content (AvgIpc) is 3.18. The van der Waals surface area contributed by atoms with Gasteiger partial charge in [0.05, 0.1) is 13.0 Å². The number of nitrogens with one attached hydrogen (secondary N) is 1. The van der Waals surface area contributed by atoms with Crippen LogP contribution in [0.15, 0.2) is 42.7 Å². The van der Waals surface area contributed by atoms with Gasteiger partial charge in [-0.3, -0.25) is 14.6 Å². The van der Waals surface area contributed by atoms with E-state index >= 15 is 0 Å². The van der Waals surface area contributed by atoms with Crippen molar-refractivity contribution in [3.8, 4) is 11.5 Å². The summed E-state index contributed by atoms with van der Waals surface area (Å²) < 4.78 is 11.1. The van der Waals surface area contributed by atoms with E-state index in [2.05, 4.69) is 10.3 Å². The zero-order valence-corrected chi connectivity index (χ0v) is 15.1. The molecule has 0 radical (unpaired) electrons. The first-order valence-electron chi connectivity index (χ1n) is 8.80. The Bertz CT molecular complexity index is 809. The van der Waals surface area contributed by atoms with Gasteiger partial charge in [0.25, 0.3) is 0 Å². The fourth-order valence-corrected chi connectivity index (χ4v) is 3.20. The Labute approximate surface area is 157 Å². The van der Waals surface area contributed by atoms with E-state index in [1.54, 1.807) is 37.7 Å². The zero-order valence-electron chi connectivity index (χ0n) is 15.1. The van der Waals surface area contributed by atoms with Crippen LogP contribution in [0.1, 0.15) is 24.8 Å². The molecule has 0 unspecified atom stereocenters. The predicted molar refractivity (Wildman–Crippen MR) is 98.7 cm³/mol. The van der Waals surface area contributed by atoms with Gasteiger partial charge in [0.15, 0.2) is 11.5 Å². The summed E-state index contributed by atoms with van der Waals surface area (Å²) in [5.41, 5.74) is 1.50. The third kappa shape index (κ3) is 4.75. The van der Waals surface area contributed by atoms with Crippen LogP contribution in [0.25, 0.3) is 0 Å². The Morgan fingerprint density at radius 1 is 1.22 bits per heavy atom. The number of carboxylic acid groups (broad SMARTS) is 1. The third-order valence-corrected chi connectivity index (χ3v) is 4.70. The number of carbonyl (C=O) groups is 2. The second-order valence-corrected chi connectivity index (χ2v) is 6.55. The SMILES string of the molecule is COc1ccc(NC(=O)[C@@H]2CC[C@H](C(=O)O)C2)cc1OCc1cccnc1. The molecule has 1 heterocycles. The molecule has 1 aliphatic rings. The number of nitrogens with zero attached hydrogens (tertiary/aromatic N) is 1. The molecule has 2 N–H and O–H groups in total. The number of carbonyl (C=O) groups excluding carboxylic acids is 1. The molecule has 1 amide bonds. The summed E-state index contributed by atoms with van der Waals surface area (Å²) in [6, 6.07) is 8.90.